The Bertz CT molecular complexity index is 433. The zero-order chi connectivity index (χ0) is 14.5. The Labute approximate surface area is 122 Å². The first-order chi connectivity index (χ1) is 9.60. The zero-order valence-electron chi connectivity index (χ0n) is 12.9. The summed E-state index contributed by atoms with van der Waals surface area (Å²) in [5, 5.41) is 13.4. The quantitative estimate of drug-likeness (QED) is 0.817. The van der Waals surface area contributed by atoms with Crippen LogP contribution in [0.5, 0.6) is 11.5 Å². The van der Waals surface area contributed by atoms with Crippen LogP contribution in [0.1, 0.15) is 57.6 Å². The molecule has 0 saturated heterocycles. The Kier molecular flexibility index (Phi) is 5.30. The van der Waals surface area contributed by atoms with Gasteiger partial charge in [0, 0.05) is 12.1 Å². The van der Waals surface area contributed by atoms with Gasteiger partial charge in [-0.05, 0) is 49.8 Å². The second kappa shape index (κ2) is 6.98. The van der Waals surface area contributed by atoms with Gasteiger partial charge in [0.05, 0.1) is 7.11 Å². The summed E-state index contributed by atoms with van der Waals surface area (Å²) in [4.78, 5) is 0. The minimum absolute atomic E-state index is 0.201. The van der Waals surface area contributed by atoms with Gasteiger partial charge in [0.1, 0.15) is 0 Å². The first-order valence-corrected chi connectivity index (χ1v) is 7.73. The van der Waals surface area contributed by atoms with E-state index in [2.05, 4.69) is 19.2 Å². The summed E-state index contributed by atoms with van der Waals surface area (Å²) < 4.78 is 5.18. The third kappa shape index (κ3) is 3.89. The molecule has 0 amide bonds. The largest absolute Gasteiger partial charge is 0.504 e. The van der Waals surface area contributed by atoms with Crippen molar-refractivity contribution in [1.29, 1.82) is 0 Å². The standard InChI is InChI=1S/C17H27NO2/c1-12-5-4-6-15(9-7-12)18-13(2)14-8-10-16(19)17(11-14)20-3/h8,10-13,15,18-19H,4-7,9H2,1-3H3. The summed E-state index contributed by atoms with van der Waals surface area (Å²) in [6.07, 6.45) is 6.54. The fraction of sp³-hybridized carbons (Fsp3) is 0.647. The fourth-order valence-corrected chi connectivity index (χ4v) is 3.07. The van der Waals surface area contributed by atoms with Gasteiger partial charge in [-0.15, -0.1) is 0 Å². The maximum atomic E-state index is 9.66. The van der Waals surface area contributed by atoms with E-state index in [0.717, 1.165) is 11.5 Å². The zero-order valence-corrected chi connectivity index (χ0v) is 12.9. The molecule has 1 saturated carbocycles. The van der Waals surface area contributed by atoms with Crippen molar-refractivity contribution < 1.29 is 9.84 Å². The lowest BCUT2D eigenvalue weighted by molar-refractivity contribution is 0.370. The molecule has 0 aromatic heterocycles. The highest BCUT2D eigenvalue weighted by molar-refractivity contribution is 5.42. The van der Waals surface area contributed by atoms with Crippen LogP contribution in [0.2, 0.25) is 0 Å². The topological polar surface area (TPSA) is 41.5 Å². The molecule has 3 atom stereocenters. The maximum absolute atomic E-state index is 9.66. The van der Waals surface area contributed by atoms with Gasteiger partial charge in [-0.1, -0.05) is 25.8 Å². The lowest BCUT2D eigenvalue weighted by Gasteiger charge is -2.23. The van der Waals surface area contributed by atoms with Crippen molar-refractivity contribution in [2.45, 2.75) is 58.0 Å². The Morgan fingerprint density at radius 1 is 1.25 bits per heavy atom. The van der Waals surface area contributed by atoms with Gasteiger partial charge in [0.2, 0.25) is 0 Å². The van der Waals surface area contributed by atoms with Gasteiger partial charge in [-0.25, -0.2) is 0 Å². The van der Waals surface area contributed by atoms with Crippen LogP contribution >= 0.6 is 0 Å². The van der Waals surface area contributed by atoms with Crippen molar-refractivity contribution >= 4 is 0 Å². The third-order valence-corrected chi connectivity index (χ3v) is 4.45. The van der Waals surface area contributed by atoms with Crippen molar-refractivity contribution in [3.63, 3.8) is 0 Å². The summed E-state index contributed by atoms with van der Waals surface area (Å²) in [5.74, 6) is 1.61. The van der Waals surface area contributed by atoms with Gasteiger partial charge in [-0.2, -0.15) is 0 Å². The molecule has 1 aliphatic rings. The van der Waals surface area contributed by atoms with E-state index in [1.165, 1.54) is 32.1 Å². The maximum Gasteiger partial charge on any atom is 0.160 e. The smallest absolute Gasteiger partial charge is 0.160 e. The van der Waals surface area contributed by atoms with Crippen LogP contribution in [0.4, 0.5) is 0 Å². The molecule has 0 bridgehead atoms. The van der Waals surface area contributed by atoms with Gasteiger partial charge in [-0.3, -0.25) is 0 Å². The van der Waals surface area contributed by atoms with E-state index in [-0.39, 0.29) is 11.8 Å². The fourth-order valence-electron chi connectivity index (χ4n) is 3.07. The van der Waals surface area contributed by atoms with Crippen LogP contribution in [-0.2, 0) is 0 Å². The normalized spacial score (nSPS) is 24.9. The summed E-state index contributed by atoms with van der Waals surface area (Å²) >= 11 is 0. The van der Waals surface area contributed by atoms with E-state index in [9.17, 15) is 5.11 Å². The number of methoxy groups -OCH3 is 1. The molecular formula is C17H27NO2. The highest BCUT2D eigenvalue weighted by Crippen LogP contribution is 2.30. The third-order valence-electron chi connectivity index (χ3n) is 4.45. The molecule has 20 heavy (non-hydrogen) atoms. The first-order valence-electron chi connectivity index (χ1n) is 7.73. The van der Waals surface area contributed by atoms with Crippen molar-refractivity contribution in [1.82, 2.24) is 5.32 Å². The monoisotopic (exact) mass is 277 g/mol. The van der Waals surface area contributed by atoms with Gasteiger partial charge in [0.15, 0.2) is 11.5 Å². The van der Waals surface area contributed by atoms with Crippen molar-refractivity contribution in [2.75, 3.05) is 7.11 Å². The Balaban J connectivity index is 1.98. The molecule has 0 radical (unpaired) electrons. The SMILES string of the molecule is COc1cc(C(C)NC2CCCC(C)CC2)ccc1O. The number of hydrogen-bond acceptors (Lipinski definition) is 3. The number of ether oxygens (including phenoxy) is 1. The number of aromatic hydroxyl groups is 1. The Morgan fingerprint density at radius 3 is 2.80 bits per heavy atom. The predicted octanol–water partition coefficient (Wildman–Crippen LogP) is 4.02. The number of phenolic OH excluding ortho intramolecular Hbond substituents is 1. The highest BCUT2D eigenvalue weighted by atomic mass is 16.5. The Morgan fingerprint density at radius 2 is 2.05 bits per heavy atom. The van der Waals surface area contributed by atoms with Crippen LogP contribution in [0.25, 0.3) is 0 Å². The van der Waals surface area contributed by atoms with Crippen LogP contribution in [0.15, 0.2) is 18.2 Å². The predicted molar refractivity (Wildman–Crippen MR) is 82.2 cm³/mol. The van der Waals surface area contributed by atoms with E-state index in [4.69, 9.17) is 4.74 Å². The average molecular weight is 277 g/mol. The van der Waals surface area contributed by atoms with Crippen molar-refractivity contribution in [3.8, 4) is 11.5 Å². The molecule has 0 heterocycles. The van der Waals surface area contributed by atoms with E-state index < -0.39 is 0 Å². The Hall–Kier alpha value is -1.22. The van der Waals surface area contributed by atoms with E-state index >= 15 is 0 Å². The number of hydrogen-bond donors (Lipinski definition) is 2. The number of phenols is 1. The molecule has 0 spiro atoms. The highest BCUT2D eigenvalue weighted by Gasteiger charge is 2.18. The second-order valence-electron chi connectivity index (χ2n) is 6.13. The van der Waals surface area contributed by atoms with E-state index in [1.807, 2.05) is 12.1 Å². The molecule has 3 heteroatoms. The summed E-state index contributed by atoms with van der Waals surface area (Å²) in [6, 6.07) is 6.49. The van der Waals surface area contributed by atoms with Crippen LogP contribution in [0.3, 0.4) is 0 Å². The molecule has 2 rings (SSSR count). The van der Waals surface area contributed by atoms with Crippen molar-refractivity contribution in [2.24, 2.45) is 5.92 Å². The second-order valence-corrected chi connectivity index (χ2v) is 6.13. The summed E-state index contributed by atoms with van der Waals surface area (Å²) in [7, 11) is 1.59. The molecule has 3 unspecified atom stereocenters. The lowest BCUT2D eigenvalue weighted by Crippen LogP contribution is -2.31. The molecule has 112 valence electrons. The molecule has 1 aromatic rings. The van der Waals surface area contributed by atoms with E-state index in [0.29, 0.717) is 11.8 Å². The number of nitrogens with one attached hydrogen (secondary N) is 1. The van der Waals surface area contributed by atoms with Gasteiger partial charge in [0.25, 0.3) is 0 Å². The molecule has 0 aliphatic heterocycles. The molecule has 1 aromatic carbocycles. The summed E-state index contributed by atoms with van der Waals surface area (Å²) in [5.41, 5.74) is 1.16. The van der Waals surface area contributed by atoms with Gasteiger partial charge < -0.3 is 15.2 Å². The molecule has 1 fully saturated rings. The van der Waals surface area contributed by atoms with Gasteiger partial charge >= 0.3 is 0 Å². The minimum Gasteiger partial charge on any atom is -0.504 e. The number of benzene rings is 1. The van der Waals surface area contributed by atoms with Crippen LogP contribution in [-0.4, -0.2) is 18.3 Å². The number of rotatable bonds is 4. The van der Waals surface area contributed by atoms with Crippen LogP contribution in [0, 0.1) is 5.92 Å². The minimum atomic E-state index is 0.201. The average Bonchev–Trinajstić information content (AvgIpc) is 2.64. The molecule has 1 aliphatic carbocycles. The van der Waals surface area contributed by atoms with Crippen molar-refractivity contribution in [3.05, 3.63) is 23.8 Å². The van der Waals surface area contributed by atoms with Crippen LogP contribution < -0.4 is 10.1 Å². The molecular weight excluding hydrogens is 250 g/mol. The summed E-state index contributed by atoms with van der Waals surface area (Å²) in [6.45, 7) is 4.54. The lowest BCUT2D eigenvalue weighted by atomic mass is 10.0. The van der Waals surface area contributed by atoms with E-state index in [1.54, 1.807) is 13.2 Å². The molecule has 3 nitrogen and oxygen atoms in total. The first kappa shape index (κ1) is 15.2. The molecule has 2 N–H and O–H groups in total.